The van der Waals surface area contributed by atoms with Gasteiger partial charge in [0.2, 0.25) is 0 Å². The fourth-order valence-corrected chi connectivity index (χ4v) is 3.37. The summed E-state index contributed by atoms with van der Waals surface area (Å²) >= 11 is 0. The fraction of sp³-hybridized carbons (Fsp3) is 0. The maximum absolute atomic E-state index is 14.1. The molecule has 0 aliphatic heterocycles. The van der Waals surface area contributed by atoms with Gasteiger partial charge in [0.05, 0.1) is 22.0 Å². The third-order valence-electron chi connectivity index (χ3n) is 4.83. The van der Waals surface area contributed by atoms with Crippen LogP contribution >= 0.6 is 0 Å². The lowest BCUT2D eigenvalue weighted by Crippen LogP contribution is -2.19. The molecule has 0 atom stereocenters. The number of hydrogen-bond donors (Lipinski definition) is 3. The van der Waals surface area contributed by atoms with Crippen LogP contribution in [0.4, 0.5) is 14.5 Å². The second-order valence-electron chi connectivity index (χ2n) is 6.84. The summed E-state index contributed by atoms with van der Waals surface area (Å²) < 4.78 is 27.6. The number of halogens is 2. The SMILES string of the molecule is O=C(Nc1ccc2nc(-c3cc(F)ccc3F)[nH]c2c1)c1n[nH]c(=O)c2ccccc12. The van der Waals surface area contributed by atoms with Crippen molar-refractivity contribution in [1.82, 2.24) is 20.2 Å². The van der Waals surface area contributed by atoms with Crippen LogP contribution in [0.15, 0.2) is 65.5 Å². The molecule has 7 nitrogen and oxygen atoms in total. The number of aromatic nitrogens is 4. The first-order valence-electron chi connectivity index (χ1n) is 9.23. The summed E-state index contributed by atoms with van der Waals surface area (Å²) in [5.74, 6) is -1.53. The molecule has 0 fully saturated rings. The molecule has 152 valence electrons. The number of carbonyl (C=O) groups excluding carboxylic acids is 1. The maximum atomic E-state index is 14.1. The van der Waals surface area contributed by atoms with Gasteiger partial charge in [-0.1, -0.05) is 18.2 Å². The third kappa shape index (κ3) is 3.31. The number of imidazole rings is 1. The van der Waals surface area contributed by atoms with Crippen LogP contribution < -0.4 is 10.9 Å². The highest BCUT2D eigenvalue weighted by Crippen LogP contribution is 2.26. The number of anilines is 1. The molecule has 0 aliphatic rings. The van der Waals surface area contributed by atoms with E-state index in [2.05, 4.69) is 25.5 Å². The van der Waals surface area contributed by atoms with Gasteiger partial charge in [0, 0.05) is 11.1 Å². The van der Waals surface area contributed by atoms with E-state index in [1.54, 1.807) is 42.5 Å². The van der Waals surface area contributed by atoms with Gasteiger partial charge < -0.3 is 10.3 Å². The van der Waals surface area contributed by atoms with E-state index in [0.29, 0.717) is 27.5 Å². The van der Waals surface area contributed by atoms with Crippen molar-refractivity contribution in [2.75, 3.05) is 5.32 Å². The molecule has 3 N–H and O–H groups in total. The molecule has 5 aromatic rings. The third-order valence-corrected chi connectivity index (χ3v) is 4.83. The van der Waals surface area contributed by atoms with Crippen LogP contribution in [0.2, 0.25) is 0 Å². The molecule has 0 aliphatic carbocycles. The van der Waals surface area contributed by atoms with Gasteiger partial charge in [-0.3, -0.25) is 9.59 Å². The number of amides is 1. The molecule has 1 amide bonds. The average Bonchev–Trinajstić information content (AvgIpc) is 3.19. The number of nitrogens with zero attached hydrogens (tertiary/aromatic N) is 2. The summed E-state index contributed by atoms with van der Waals surface area (Å²) in [6.45, 7) is 0. The minimum absolute atomic E-state index is 0.00527. The van der Waals surface area contributed by atoms with Gasteiger partial charge in [0.1, 0.15) is 17.5 Å². The van der Waals surface area contributed by atoms with Crippen LogP contribution in [-0.4, -0.2) is 26.1 Å². The van der Waals surface area contributed by atoms with Crippen molar-refractivity contribution in [2.24, 2.45) is 0 Å². The fourth-order valence-electron chi connectivity index (χ4n) is 3.37. The Kier molecular flexibility index (Phi) is 4.28. The minimum atomic E-state index is -0.606. The first-order valence-corrected chi connectivity index (χ1v) is 9.23. The Morgan fingerprint density at radius 1 is 0.968 bits per heavy atom. The summed E-state index contributed by atoms with van der Waals surface area (Å²) in [5, 5.41) is 9.71. The van der Waals surface area contributed by atoms with Crippen LogP contribution in [0, 0.1) is 11.6 Å². The van der Waals surface area contributed by atoms with Gasteiger partial charge in [0.25, 0.3) is 11.5 Å². The average molecular weight is 417 g/mol. The molecular formula is C22H13F2N5O2. The number of carbonyl (C=O) groups is 1. The molecule has 0 radical (unpaired) electrons. The first kappa shape index (κ1) is 18.6. The van der Waals surface area contributed by atoms with E-state index in [0.717, 1.165) is 18.2 Å². The number of H-pyrrole nitrogens is 2. The van der Waals surface area contributed by atoms with Gasteiger partial charge in [-0.05, 0) is 42.5 Å². The van der Waals surface area contributed by atoms with Gasteiger partial charge in [-0.15, -0.1) is 0 Å². The van der Waals surface area contributed by atoms with E-state index in [4.69, 9.17) is 0 Å². The molecule has 5 rings (SSSR count). The Hall–Kier alpha value is -4.40. The summed E-state index contributed by atoms with van der Waals surface area (Å²) in [5.41, 5.74) is 1.17. The summed E-state index contributed by atoms with van der Waals surface area (Å²) in [4.78, 5) is 31.9. The van der Waals surface area contributed by atoms with E-state index >= 15 is 0 Å². The highest BCUT2D eigenvalue weighted by Gasteiger charge is 2.16. The quantitative estimate of drug-likeness (QED) is 0.413. The van der Waals surface area contributed by atoms with Crippen LogP contribution in [-0.2, 0) is 0 Å². The van der Waals surface area contributed by atoms with Gasteiger partial charge in [0.15, 0.2) is 5.69 Å². The van der Waals surface area contributed by atoms with Crippen molar-refractivity contribution in [3.05, 3.63) is 88.3 Å². The number of rotatable bonds is 3. The van der Waals surface area contributed by atoms with Crippen LogP contribution in [0.1, 0.15) is 10.5 Å². The highest BCUT2D eigenvalue weighted by atomic mass is 19.1. The predicted octanol–water partition coefficient (Wildman–Crippen LogP) is 4.00. The van der Waals surface area contributed by atoms with Crippen molar-refractivity contribution in [1.29, 1.82) is 0 Å². The molecule has 0 saturated heterocycles. The molecule has 2 heterocycles. The topological polar surface area (TPSA) is 104 Å². The zero-order valence-electron chi connectivity index (χ0n) is 15.7. The van der Waals surface area contributed by atoms with Crippen LogP contribution in [0.3, 0.4) is 0 Å². The second kappa shape index (κ2) is 7.13. The van der Waals surface area contributed by atoms with Crippen molar-refractivity contribution < 1.29 is 13.6 Å². The summed E-state index contributed by atoms with van der Waals surface area (Å²) in [6, 6.07) is 14.7. The predicted molar refractivity (Wildman–Crippen MR) is 112 cm³/mol. The molecule has 0 spiro atoms. The lowest BCUT2D eigenvalue weighted by atomic mass is 10.1. The highest BCUT2D eigenvalue weighted by molar-refractivity contribution is 6.11. The van der Waals surface area contributed by atoms with Crippen molar-refractivity contribution in [2.45, 2.75) is 0 Å². The van der Waals surface area contributed by atoms with Gasteiger partial charge in [-0.25, -0.2) is 18.9 Å². The molecular weight excluding hydrogens is 404 g/mol. The Balaban J connectivity index is 1.49. The number of fused-ring (bicyclic) bond motifs is 2. The van der Waals surface area contributed by atoms with Gasteiger partial charge in [-0.2, -0.15) is 5.10 Å². The maximum Gasteiger partial charge on any atom is 0.276 e. The molecule has 0 unspecified atom stereocenters. The zero-order valence-corrected chi connectivity index (χ0v) is 15.7. The summed E-state index contributed by atoms with van der Waals surface area (Å²) in [6.07, 6.45) is 0. The van der Waals surface area contributed by atoms with E-state index in [9.17, 15) is 18.4 Å². The monoisotopic (exact) mass is 417 g/mol. The zero-order chi connectivity index (χ0) is 21.5. The van der Waals surface area contributed by atoms with Crippen molar-refractivity contribution in [3.8, 4) is 11.4 Å². The molecule has 0 bridgehead atoms. The van der Waals surface area contributed by atoms with E-state index in [1.807, 2.05) is 0 Å². The Bertz CT molecular complexity index is 1540. The smallest absolute Gasteiger partial charge is 0.276 e. The van der Waals surface area contributed by atoms with Gasteiger partial charge >= 0.3 is 0 Å². The number of aromatic amines is 2. The number of benzene rings is 3. The lowest BCUT2D eigenvalue weighted by molar-refractivity contribution is 0.102. The van der Waals surface area contributed by atoms with Crippen LogP contribution in [0.5, 0.6) is 0 Å². The Labute approximate surface area is 172 Å². The standard InChI is InChI=1S/C22H13F2N5O2/c23-11-5-7-16(24)15(9-11)20-26-17-8-6-12(10-18(17)27-20)25-22(31)19-13-3-1-2-4-14(13)21(30)29-28-19/h1-10H,(H,25,31)(H,26,27)(H,29,30). The molecule has 9 heteroatoms. The summed E-state index contributed by atoms with van der Waals surface area (Å²) in [7, 11) is 0. The first-order chi connectivity index (χ1) is 15.0. The van der Waals surface area contributed by atoms with E-state index in [1.165, 1.54) is 0 Å². The largest absolute Gasteiger partial charge is 0.338 e. The van der Waals surface area contributed by atoms with E-state index < -0.39 is 17.5 Å². The number of hydrogen-bond acceptors (Lipinski definition) is 4. The lowest BCUT2D eigenvalue weighted by Gasteiger charge is -2.06. The molecule has 2 aromatic heterocycles. The van der Waals surface area contributed by atoms with E-state index in [-0.39, 0.29) is 22.6 Å². The van der Waals surface area contributed by atoms with Crippen molar-refractivity contribution in [3.63, 3.8) is 0 Å². The Morgan fingerprint density at radius 2 is 1.77 bits per heavy atom. The molecule has 31 heavy (non-hydrogen) atoms. The second-order valence-corrected chi connectivity index (χ2v) is 6.84. The van der Waals surface area contributed by atoms with Crippen LogP contribution in [0.25, 0.3) is 33.2 Å². The minimum Gasteiger partial charge on any atom is -0.338 e. The molecule has 3 aromatic carbocycles. The normalized spacial score (nSPS) is 11.2. The molecule has 0 saturated carbocycles. The van der Waals surface area contributed by atoms with Crippen molar-refractivity contribution >= 4 is 33.4 Å². The number of nitrogens with one attached hydrogen (secondary N) is 3. The Morgan fingerprint density at radius 3 is 2.61 bits per heavy atom.